The summed E-state index contributed by atoms with van der Waals surface area (Å²) < 4.78 is 12.0. The minimum absolute atomic E-state index is 0.513. The molecule has 2 aliphatic heterocycles. The van der Waals surface area contributed by atoms with Crippen LogP contribution < -0.4 is 0 Å². The topological polar surface area (TPSA) is 28.2 Å². The molecule has 4 fully saturated rings. The van der Waals surface area contributed by atoms with E-state index in [1.807, 2.05) is 0 Å². The van der Waals surface area contributed by atoms with Crippen LogP contribution in [0.25, 0.3) is 0 Å². The largest absolute Gasteiger partial charge is 0.375 e. The van der Waals surface area contributed by atoms with Crippen molar-refractivity contribution in [1.82, 2.24) is 14.7 Å². The van der Waals surface area contributed by atoms with E-state index in [0.29, 0.717) is 24.3 Å². The molecule has 4 rings (SSSR count). The van der Waals surface area contributed by atoms with E-state index in [2.05, 4.69) is 21.7 Å². The Bertz CT molecular complexity index is 393. The average molecular weight is 366 g/mol. The fourth-order valence-electron chi connectivity index (χ4n) is 5.62. The van der Waals surface area contributed by atoms with Gasteiger partial charge >= 0.3 is 0 Å². The molecule has 26 heavy (non-hydrogen) atoms. The van der Waals surface area contributed by atoms with Gasteiger partial charge in [-0.05, 0) is 32.7 Å². The summed E-state index contributed by atoms with van der Waals surface area (Å²) >= 11 is 0. The molecule has 4 aliphatic rings. The fraction of sp³-hybridized carbons (Fsp3) is 1.00. The lowest BCUT2D eigenvalue weighted by atomic mass is 9.90. The third-order valence-electron chi connectivity index (χ3n) is 7.23. The van der Waals surface area contributed by atoms with Crippen LogP contribution in [0.4, 0.5) is 0 Å². The van der Waals surface area contributed by atoms with Crippen LogP contribution in [0.3, 0.4) is 0 Å². The number of hydrogen-bond acceptors (Lipinski definition) is 5. The summed E-state index contributed by atoms with van der Waals surface area (Å²) in [5.74, 6) is 0. The predicted molar refractivity (Wildman–Crippen MR) is 105 cm³/mol. The molecule has 0 aromatic heterocycles. The summed E-state index contributed by atoms with van der Waals surface area (Å²) in [6.45, 7) is 8.89. The first-order valence-electron chi connectivity index (χ1n) is 11.2. The van der Waals surface area contributed by atoms with Crippen molar-refractivity contribution >= 4 is 0 Å². The molecule has 0 N–H and O–H groups in total. The molecule has 2 aliphatic carbocycles. The molecule has 150 valence electrons. The number of hydrogen-bond donors (Lipinski definition) is 0. The molecule has 2 saturated carbocycles. The molecule has 0 radical (unpaired) electrons. The van der Waals surface area contributed by atoms with Gasteiger partial charge in [0.2, 0.25) is 0 Å². The lowest BCUT2D eigenvalue weighted by Gasteiger charge is -2.45. The van der Waals surface area contributed by atoms with Crippen molar-refractivity contribution in [3.63, 3.8) is 0 Å². The van der Waals surface area contributed by atoms with E-state index in [1.165, 1.54) is 77.5 Å². The molecule has 0 unspecified atom stereocenters. The molecule has 2 heterocycles. The van der Waals surface area contributed by atoms with Gasteiger partial charge in [0.15, 0.2) is 0 Å². The van der Waals surface area contributed by atoms with Gasteiger partial charge in [-0.3, -0.25) is 9.80 Å². The van der Waals surface area contributed by atoms with E-state index in [0.717, 1.165) is 26.3 Å². The summed E-state index contributed by atoms with van der Waals surface area (Å²) in [4.78, 5) is 7.98. The Morgan fingerprint density at radius 1 is 0.731 bits per heavy atom. The summed E-state index contributed by atoms with van der Waals surface area (Å²) in [6.07, 6.45) is 11.7. The Morgan fingerprint density at radius 2 is 1.19 bits per heavy atom. The van der Waals surface area contributed by atoms with Crippen LogP contribution in [0.2, 0.25) is 0 Å². The smallest absolute Gasteiger partial charge is 0.0730 e. The molecule has 0 bridgehead atoms. The standard InChI is InChI=1S/C21H39N3O2/c1-22(10-12-23-14-16-25-20-8-4-2-6-18(20)23)11-13-24-15-17-26-21-9-5-3-7-19(21)24/h18-21H,2-17H2,1H3/t18-,19-,20+,21+/m0/s1. The van der Waals surface area contributed by atoms with Gasteiger partial charge in [-0.25, -0.2) is 0 Å². The van der Waals surface area contributed by atoms with E-state index in [9.17, 15) is 0 Å². The molecule has 4 atom stereocenters. The molecule has 5 nitrogen and oxygen atoms in total. The normalized spacial score (nSPS) is 36.7. The van der Waals surface area contributed by atoms with Crippen molar-refractivity contribution in [2.75, 3.05) is 59.5 Å². The van der Waals surface area contributed by atoms with Crippen molar-refractivity contribution < 1.29 is 9.47 Å². The second-order valence-electron chi connectivity index (χ2n) is 8.90. The molecule has 0 aromatic rings. The lowest BCUT2D eigenvalue weighted by molar-refractivity contribution is -0.0926. The highest BCUT2D eigenvalue weighted by atomic mass is 16.5. The number of fused-ring (bicyclic) bond motifs is 2. The van der Waals surface area contributed by atoms with Crippen LogP contribution in [-0.2, 0) is 9.47 Å². The minimum atomic E-state index is 0.513. The Kier molecular flexibility index (Phi) is 6.87. The second-order valence-corrected chi connectivity index (χ2v) is 8.90. The maximum Gasteiger partial charge on any atom is 0.0730 e. The summed E-state index contributed by atoms with van der Waals surface area (Å²) in [5, 5.41) is 0. The number of rotatable bonds is 6. The van der Waals surface area contributed by atoms with Crippen LogP contribution in [0.5, 0.6) is 0 Å². The fourth-order valence-corrected chi connectivity index (χ4v) is 5.62. The summed E-state index contributed by atoms with van der Waals surface area (Å²) in [7, 11) is 2.30. The highest BCUT2D eigenvalue weighted by Crippen LogP contribution is 2.29. The van der Waals surface area contributed by atoms with Crippen molar-refractivity contribution in [2.24, 2.45) is 0 Å². The third kappa shape index (κ3) is 4.61. The number of likely N-dealkylation sites (N-methyl/N-ethyl adjacent to an activating group) is 1. The predicted octanol–water partition coefficient (Wildman–Crippen LogP) is 2.21. The molecule has 0 spiro atoms. The first-order valence-corrected chi connectivity index (χ1v) is 11.2. The third-order valence-corrected chi connectivity index (χ3v) is 7.23. The average Bonchev–Trinajstić information content (AvgIpc) is 2.70. The van der Waals surface area contributed by atoms with Gasteiger partial charge in [0, 0.05) is 51.4 Å². The summed E-state index contributed by atoms with van der Waals surface area (Å²) in [6, 6.07) is 1.38. The quantitative estimate of drug-likeness (QED) is 0.720. The van der Waals surface area contributed by atoms with Gasteiger partial charge in [0.05, 0.1) is 25.4 Å². The monoisotopic (exact) mass is 365 g/mol. The van der Waals surface area contributed by atoms with Crippen molar-refractivity contribution in [1.29, 1.82) is 0 Å². The number of ether oxygens (including phenoxy) is 2. The van der Waals surface area contributed by atoms with E-state index < -0.39 is 0 Å². The SMILES string of the molecule is CN(CCN1CCO[C@@H]2CCCC[C@@H]21)CCN1CCO[C@@H]2CCCC[C@@H]21. The van der Waals surface area contributed by atoms with Gasteiger partial charge < -0.3 is 14.4 Å². The number of morpholine rings is 2. The Balaban J connectivity index is 1.19. The van der Waals surface area contributed by atoms with Crippen LogP contribution in [0, 0.1) is 0 Å². The molecule has 2 saturated heterocycles. The van der Waals surface area contributed by atoms with Gasteiger partial charge in [-0.15, -0.1) is 0 Å². The maximum absolute atomic E-state index is 6.02. The van der Waals surface area contributed by atoms with Crippen LogP contribution in [0.1, 0.15) is 51.4 Å². The van der Waals surface area contributed by atoms with Crippen molar-refractivity contribution in [2.45, 2.75) is 75.7 Å². The molecule has 0 amide bonds. The maximum atomic E-state index is 6.02. The van der Waals surface area contributed by atoms with E-state index in [-0.39, 0.29) is 0 Å². The summed E-state index contributed by atoms with van der Waals surface area (Å²) in [5.41, 5.74) is 0. The molecule has 0 aromatic carbocycles. The second kappa shape index (κ2) is 9.33. The van der Waals surface area contributed by atoms with Crippen LogP contribution >= 0.6 is 0 Å². The van der Waals surface area contributed by atoms with E-state index >= 15 is 0 Å². The zero-order valence-electron chi connectivity index (χ0n) is 16.8. The van der Waals surface area contributed by atoms with E-state index in [1.54, 1.807) is 0 Å². The Hall–Kier alpha value is -0.200. The number of nitrogens with zero attached hydrogens (tertiary/aromatic N) is 3. The first-order chi connectivity index (χ1) is 12.8. The molecular formula is C21H39N3O2. The van der Waals surface area contributed by atoms with Gasteiger partial charge in [0.25, 0.3) is 0 Å². The molecular weight excluding hydrogens is 326 g/mol. The van der Waals surface area contributed by atoms with Gasteiger partial charge in [-0.2, -0.15) is 0 Å². The first kappa shape index (κ1) is 19.1. The van der Waals surface area contributed by atoms with Crippen LogP contribution in [0.15, 0.2) is 0 Å². The van der Waals surface area contributed by atoms with Crippen molar-refractivity contribution in [3.05, 3.63) is 0 Å². The minimum Gasteiger partial charge on any atom is -0.375 e. The van der Waals surface area contributed by atoms with Gasteiger partial charge in [-0.1, -0.05) is 25.7 Å². The lowest BCUT2D eigenvalue weighted by Crippen LogP contribution is -2.55. The highest BCUT2D eigenvalue weighted by molar-refractivity contribution is 4.89. The van der Waals surface area contributed by atoms with Crippen LogP contribution in [-0.4, -0.2) is 98.5 Å². The Morgan fingerprint density at radius 3 is 1.69 bits per heavy atom. The highest BCUT2D eigenvalue weighted by Gasteiger charge is 2.35. The zero-order chi connectivity index (χ0) is 17.8. The van der Waals surface area contributed by atoms with Crippen molar-refractivity contribution in [3.8, 4) is 0 Å². The van der Waals surface area contributed by atoms with Gasteiger partial charge in [0.1, 0.15) is 0 Å². The van der Waals surface area contributed by atoms with E-state index in [4.69, 9.17) is 9.47 Å². The molecule has 5 heteroatoms. The Labute approximate surface area is 160 Å². The zero-order valence-corrected chi connectivity index (χ0v) is 16.8.